The van der Waals surface area contributed by atoms with Gasteiger partial charge in [0.25, 0.3) is 5.91 Å². The van der Waals surface area contributed by atoms with Gasteiger partial charge >= 0.3 is 12.1 Å². The molecule has 3 N–H and O–H groups in total. The van der Waals surface area contributed by atoms with E-state index < -0.39 is 35.2 Å². The first-order chi connectivity index (χ1) is 12.7. The summed E-state index contributed by atoms with van der Waals surface area (Å²) < 4.78 is 39.1. The molecule has 0 heterocycles. The summed E-state index contributed by atoms with van der Waals surface area (Å²) in [4.78, 5) is 34.5. The van der Waals surface area contributed by atoms with Crippen molar-refractivity contribution in [3.05, 3.63) is 71.8 Å². The van der Waals surface area contributed by atoms with E-state index in [0.717, 1.165) is 18.2 Å². The third kappa shape index (κ3) is 5.43. The molecule has 0 saturated heterocycles. The number of hydrogen-bond donors (Lipinski definition) is 3. The van der Waals surface area contributed by atoms with Gasteiger partial charge in [-0.2, -0.15) is 13.2 Å². The molecule has 0 aliphatic carbocycles. The Hall–Kier alpha value is -3.62. The predicted octanol–water partition coefficient (Wildman–Crippen LogP) is 3.54. The van der Waals surface area contributed by atoms with Crippen LogP contribution in [-0.2, 0) is 15.8 Å². The molecule has 2 rings (SSSR count). The van der Waals surface area contributed by atoms with Gasteiger partial charge in [-0.05, 0) is 24.3 Å². The minimum Gasteiger partial charge on any atom is -0.478 e. The largest absolute Gasteiger partial charge is 0.478 e. The fraction of sp³-hybridized carbons (Fsp3) is 0.0556. The molecule has 0 aromatic heterocycles. The minimum atomic E-state index is -4.65. The Labute approximate surface area is 151 Å². The third-order valence-electron chi connectivity index (χ3n) is 3.29. The second-order valence-corrected chi connectivity index (χ2v) is 5.20. The standard InChI is InChI=1S/C18H13F3N2O4/c19-18(20,21)12-6-2-4-8-14(12)23-17(27)11-5-1-3-7-13(11)22-15(24)9-10-16(25)26/h1-10H,(H,22,24)(H,23,27)(H,25,26)/b10-9+. The minimum absolute atomic E-state index is 0.0135. The topological polar surface area (TPSA) is 95.5 Å². The van der Waals surface area contributed by atoms with Crippen molar-refractivity contribution in [2.24, 2.45) is 0 Å². The highest BCUT2D eigenvalue weighted by Gasteiger charge is 2.33. The zero-order valence-electron chi connectivity index (χ0n) is 13.6. The Bertz CT molecular complexity index is 907. The van der Waals surface area contributed by atoms with Crippen molar-refractivity contribution in [2.75, 3.05) is 10.6 Å². The molecule has 27 heavy (non-hydrogen) atoms. The zero-order valence-corrected chi connectivity index (χ0v) is 13.6. The maximum atomic E-state index is 13.0. The SMILES string of the molecule is O=C(O)/C=C/C(=O)Nc1ccccc1C(=O)Nc1ccccc1C(F)(F)F. The Balaban J connectivity index is 2.26. The number of carbonyl (C=O) groups is 3. The zero-order chi connectivity index (χ0) is 20.0. The van der Waals surface area contributed by atoms with E-state index in [1.165, 1.54) is 36.4 Å². The number of halogens is 3. The summed E-state index contributed by atoms with van der Waals surface area (Å²) in [6, 6.07) is 10.1. The lowest BCUT2D eigenvalue weighted by Crippen LogP contribution is -2.19. The highest BCUT2D eigenvalue weighted by molar-refractivity contribution is 6.12. The second-order valence-electron chi connectivity index (χ2n) is 5.20. The molecule has 0 saturated carbocycles. The summed E-state index contributed by atoms with van der Waals surface area (Å²) in [5.41, 5.74) is -1.52. The smallest absolute Gasteiger partial charge is 0.418 e. The number of carbonyl (C=O) groups excluding carboxylic acids is 2. The van der Waals surface area contributed by atoms with Gasteiger partial charge in [0.1, 0.15) is 0 Å². The summed E-state index contributed by atoms with van der Waals surface area (Å²) in [7, 11) is 0. The molecule has 0 atom stereocenters. The highest BCUT2D eigenvalue weighted by Crippen LogP contribution is 2.34. The van der Waals surface area contributed by atoms with Crippen LogP contribution in [-0.4, -0.2) is 22.9 Å². The van der Waals surface area contributed by atoms with Crippen LogP contribution in [0.4, 0.5) is 24.5 Å². The Morgan fingerprint density at radius 1 is 0.852 bits per heavy atom. The molecule has 2 aromatic carbocycles. The number of hydrogen-bond acceptors (Lipinski definition) is 3. The van der Waals surface area contributed by atoms with Crippen LogP contribution in [0.2, 0.25) is 0 Å². The van der Waals surface area contributed by atoms with E-state index in [0.29, 0.717) is 6.08 Å². The Morgan fingerprint density at radius 3 is 2.07 bits per heavy atom. The van der Waals surface area contributed by atoms with E-state index in [1.54, 1.807) is 0 Å². The first-order valence-electron chi connectivity index (χ1n) is 7.47. The molecule has 2 aromatic rings. The van der Waals surface area contributed by atoms with E-state index in [4.69, 9.17) is 5.11 Å². The molecule has 9 heteroatoms. The molecular formula is C18H13F3N2O4. The average molecular weight is 378 g/mol. The van der Waals surface area contributed by atoms with Gasteiger partial charge in [0.15, 0.2) is 0 Å². The number of para-hydroxylation sites is 2. The number of aliphatic carboxylic acids is 1. The molecule has 0 aliphatic rings. The maximum absolute atomic E-state index is 13.0. The fourth-order valence-electron chi connectivity index (χ4n) is 2.14. The van der Waals surface area contributed by atoms with Crippen LogP contribution in [0.15, 0.2) is 60.7 Å². The van der Waals surface area contributed by atoms with E-state index in [1.807, 2.05) is 0 Å². The van der Waals surface area contributed by atoms with E-state index in [9.17, 15) is 27.6 Å². The fourth-order valence-corrected chi connectivity index (χ4v) is 2.14. The molecule has 6 nitrogen and oxygen atoms in total. The van der Waals surface area contributed by atoms with E-state index >= 15 is 0 Å². The number of anilines is 2. The van der Waals surface area contributed by atoms with Crippen molar-refractivity contribution >= 4 is 29.2 Å². The van der Waals surface area contributed by atoms with Crippen LogP contribution >= 0.6 is 0 Å². The van der Waals surface area contributed by atoms with Crippen molar-refractivity contribution in [2.45, 2.75) is 6.18 Å². The van der Waals surface area contributed by atoms with Crippen LogP contribution in [0.1, 0.15) is 15.9 Å². The first kappa shape index (κ1) is 19.7. The number of carboxylic acids is 1. The number of nitrogens with one attached hydrogen (secondary N) is 2. The van der Waals surface area contributed by atoms with Crippen molar-refractivity contribution in [3.8, 4) is 0 Å². The molecule has 0 aliphatic heterocycles. The Morgan fingerprint density at radius 2 is 1.44 bits per heavy atom. The van der Waals surface area contributed by atoms with Crippen LogP contribution < -0.4 is 10.6 Å². The number of alkyl halides is 3. The van der Waals surface area contributed by atoms with Crippen LogP contribution in [0, 0.1) is 0 Å². The predicted molar refractivity (Wildman–Crippen MR) is 91.2 cm³/mol. The van der Waals surface area contributed by atoms with Crippen LogP contribution in [0.5, 0.6) is 0 Å². The molecule has 0 bridgehead atoms. The van der Waals surface area contributed by atoms with Crippen molar-refractivity contribution in [3.63, 3.8) is 0 Å². The van der Waals surface area contributed by atoms with Gasteiger partial charge in [0, 0.05) is 12.2 Å². The van der Waals surface area contributed by atoms with Crippen LogP contribution in [0.3, 0.4) is 0 Å². The number of benzene rings is 2. The lowest BCUT2D eigenvalue weighted by molar-refractivity contribution is -0.137. The van der Waals surface area contributed by atoms with Crippen molar-refractivity contribution in [1.82, 2.24) is 0 Å². The lowest BCUT2D eigenvalue weighted by atomic mass is 10.1. The summed E-state index contributed by atoms with van der Waals surface area (Å²) >= 11 is 0. The highest BCUT2D eigenvalue weighted by atomic mass is 19.4. The average Bonchev–Trinajstić information content (AvgIpc) is 2.60. The molecule has 140 valence electrons. The molecule has 0 unspecified atom stereocenters. The summed E-state index contributed by atoms with van der Waals surface area (Å²) in [5, 5.41) is 13.0. The van der Waals surface area contributed by atoms with Gasteiger partial charge < -0.3 is 15.7 Å². The van der Waals surface area contributed by atoms with E-state index in [2.05, 4.69) is 10.6 Å². The van der Waals surface area contributed by atoms with Gasteiger partial charge in [0.05, 0.1) is 22.5 Å². The molecule has 0 radical (unpaired) electrons. The molecule has 2 amide bonds. The van der Waals surface area contributed by atoms with Crippen molar-refractivity contribution < 1.29 is 32.7 Å². The lowest BCUT2D eigenvalue weighted by Gasteiger charge is -2.15. The summed E-state index contributed by atoms with van der Waals surface area (Å²) in [5.74, 6) is -3.02. The second kappa shape index (κ2) is 8.17. The molecular weight excluding hydrogens is 365 g/mol. The van der Waals surface area contributed by atoms with Gasteiger partial charge in [-0.1, -0.05) is 24.3 Å². The van der Waals surface area contributed by atoms with E-state index in [-0.39, 0.29) is 11.3 Å². The monoisotopic (exact) mass is 378 g/mol. The normalized spacial score (nSPS) is 11.2. The van der Waals surface area contributed by atoms with Gasteiger partial charge in [0.2, 0.25) is 5.91 Å². The maximum Gasteiger partial charge on any atom is 0.418 e. The van der Waals surface area contributed by atoms with Crippen LogP contribution in [0.25, 0.3) is 0 Å². The van der Waals surface area contributed by atoms with Gasteiger partial charge in [-0.3, -0.25) is 9.59 Å². The summed E-state index contributed by atoms with van der Waals surface area (Å²) in [6.45, 7) is 0. The van der Waals surface area contributed by atoms with Crippen molar-refractivity contribution in [1.29, 1.82) is 0 Å². The van der Waals surface area contributed by atoms with Gasteiger partial charge in [-0.25, -0.2) is 4.79 Å². The molecule has 0 spiro atoms. The quantitative estimate of drug-likeness (QED) is 0.694. The third-order valence-corrected chi connectivity index (χ3v) is 3.29. The molecule has 0 fully saturated rings. The Kier molecular flexibility index (Phi) is 5.96. The first-order valence-corrected chi connectivity index (χ1v) is 7.47. The number of carboxylic acid groups (broad SMARTS) is 1. The number of amides is 2. The number of rotatable bonds is 5. The summed E-state index contributed by atoms with van der Waals surface area (Å²) in [6.07, 6.45) is -3.30. The van der Waals surface area contributed by atoms with Gasteiger partial charge in [-0.15, -0.1) is 0 Å².